The maximum absolute atomic E-state index is 4.74. The fourth-order valence-electron chi connectivity index (χ4n) is 3.16. The first-order valence-corrected chi connectivity index (χ1v) is 8.05. The quantitative estimate of drug-likeness (QED) is 0.786. The van der Waals surface area contributed by atoms with Crippen molar-refractivity contribution >= 4 is 11.6 Å². The Kier molecular flexibility index (Phi) is 4.24. The summed E-state index contributed by atoms with van der Waals surface area (Å²) in [5, 5.41) is 2.69. The van der Waals surface area contributed by atoms with Crippen LogP contribution in [-0.4, -0.2) is 4.98 Å². The van der Waals surface area contributed by atoms with Gasteiger partial charge in [0.2, 0.25) is 0 Å². The van der Waals surface area contributed by atoms with E-state index in [1.54, 1.807) is 0 Å². The van der Waals surface area contributed by atoms with Crippen LogP contribution in [0.4, 0.5) is 0 Å². The number of hydrogen-bond acceptors (Lipinski definition) is 1. The number of allylic oxidation sites excluding steroid dienone is 2. The number of aromatic nitrogens is 1. The smallest absolute Gasteiger partial charge is 0.0673 e. The van der Waals surface area contributed by atoms with Crippen molar-refractivity contribution in [3.05, 3.63) is 75.9 Å². The molecule has 0 fully saturated rings. The summed E-state index contributed by atoms with van der Waals surface area (Å²) in [6, 6.07) is 10.9. The van der Waals surface area contributed by atoms with Gasteiger partial charge < -0.3 is 0 Å². The zero-order valence-corrected chi connectivity index (χ0v) is 13.6. The Morgan fingerprint density at radius 1 is 1.18 bits per heavy atom. The molecule has 1 nitrogen and oxygen atoms in total. The summed E-state index contributed by atoms with van der Waals surface area (Å²) in [5.41, 5.74) is 5.11. The third-order valence-corrected chi connectivity index (χ3v) is 4.59. The molecule has 0 bridgehead atoms. The molecule has 1 unspecified atom stereocenters. The lowest BCUT2D eigenvalue weighted by Gasteiger charge is -2.22. The number of pyridine rings is 1. The van der Waals surface area contributed by atoms with E-state index in [2.05, 4.69) is 69.3 Å². The predicted molar refractivity (Wildman–Crippen MR) is 93.9 cm³/mol. The van der Waals surface area contributed by atoms with Crippen molar-refractivity contribution in [1.29, 1.82) is 0 Å². The lowest BCUT2D eigenvalue weighted by Crippen LogP contribution is -2.33. The van der Waals surface area contributed by atoms with Gasteiger partial charge >= 0.3 is 0 Å². The molecule has 1 aliphatic carbocycles. The molecule has 112 valence electrons. The maximum atomic E-state index is 4.74. The first-order valence-electron chi connectivity index (χ1n) is 8.05. The van der Waals surface area contributed by atoms with E-state index in [4.69, 9.17) is 4.98 Å². The highest BCUT2D eigenvalue weighted by molar-refractivity contribution is 5.68. The first kappa shape index (κ1) is 14.8. The molecule has 1 aromatic carbocycles. The molecule has 0 spiro atoms. The molecule has 1 atom stereocenters. The number of rotatable bonds is 3. The van der Waals surface area contributed by atoms with E-state index in [0.29, 0.717) is 5.92 Å². The fourth-order valence-corrected chi connectivity index (χ4v) is 3.16. The van der Waals surface area contributed by atoms with E-state index in [1.165, 1.54) is 27.1 Å². The molecule has 0 amide bonds. The van der Waals surface area contributed by atoms with Gasteiger partial charge in [-0.2, -0.15) is 0 Å². The highest BCUT2D eigenvalue weighted by Crippen LogP contribution is 2.28. The van der Waals surface area contributed by atoms with Crippen LogP contribution in [0.5, 0.6) is 0 Å². The molecular weight excluding hydrogens is 266 g/mol. The van der Waals surface area contributed by atoms with E-state index in [1.807, 2.05) is 6.20 Å². The summed E-state index contributed by atoms with van der Waals surface area (Å²) in [5.74, 6) is 0.515. The second-order valence-electron chi connectivity index (χ2n) is 6.10. The van der Waals surface area contributed by atoms with Gasteiger partial charge in [0, 0.05) is 6.20 Å². The molecule has 2 aromatic rings. The third-order valence-electron chi connectivity index (χ3n) is 4.59. The minimum absolute atomic E-state index is 0.515. The number of aryl methyl sites for hydroxylation is 2. The van der Waals surface area contributed by atoms with Crippen molar-refractivity contribution in [2.45, 2.75) is 33.6 Å². The van der Waals surface area contributed by atoms with Crippen LogP contribution in [0.15, 0.2) is 48.7 Å². The lowest BCUT2D eigenvalue weighted by molar-refractivity contribution is 0.698. The number of fused-ring (bicyclic) bond motifs is 1. The highest BCUT2D eigenvalue weighted by atomic mass is 14.7. The zero-order chi connectivity index (χ0) is 15.5. The average molecular weight is 289 g/mol. The molecule has 1 heterocycles. The van der Waals surface area contributed by atoms with E-state index in [0.717, 1.165) is 18.5 Å². The summed E-state index contributed by atoms with van der Waals surface area (Å²) in [7, 11) is 0. The molecule has 1 aromatic heterocycles. The molecule has 0 radical (unpaired) electrons. The van der Waals surface area contributed by atoms with Crippen molar-refractivity contribution in [3.8, 4) is 0 Å². The largest absolute Gasteiger partial charge is 0.256 e. The van der Waals surface area contributed by atoms with Gasteiger partial charge in [-0.3, -0.25) is 4.98 Å². The second-order valence-corrected chi connectivity index (χ2v) is 6.10. The SMILES string of the molecule is CC=CCC1CC=c2ccccc2=C1c1cc(C)c(C)cn1. The van der Waals surface area contributed by atoms with Gasteiger partial charge in [0.1, 0.15) is 0 Å². The zero-order valence-electron chi connectivity index (χ0n) is 13.6. The Morgan fingerprint density at radius 2 is 2.00 bits per heavy atom. The Balaban J connectivity index is 2.24. The van der Waals surface area contributed by atoms with Crippen molar-refractivity contribution in [2.24, 2.45) is 5.92 Å². The third kappa shape index (κ3) is 2.76. The molecule has 3 rings (SSSR count). The Hall–Kier alpha value is -2.15. The Labute approximate surface area is 132 Å². The summed E-state index contributed by atoms with van der Waals surface area (Å²) in [6.07, 6.45) is 11.0. The van der Waals surface area contributed by atoms with Gasteiger partial charge in [-0.05, 0) is 72.7 Å². The highest BCUT2D eigenvalue weighted by Gasteiger charge is 2.19. The number of hydrogen-bond donors (Lipinski definition) is 0. The van der Waals surface area contributed by atoms with Crippen molar-refractivity contribution in [2.75, 3.05) is 0 Å². The fraction of sp³-hybridized carbons (Fsp3) is 0.286. The summed E-state index contributed by atoms with van der Waals surface area (Å²) < 4.78 is 0. The van der Waals surface area contributed by atoms with Gasteiger partial charge in [-0.15, -0.1) is 0 Å². The van der Waals surface area contributed by atoms with Crippen LogP contribution >= 0.6 is 0 Å². The minimum atomic E-state index is 0.515. The minimum Gasteiger partial charge on any atom is -0.256 e. The Bertz CT molecular complexity index is 827. The summed E-state index contributed by atoms with van der Waals surface area (Å²) in [6.45, 7) is 6.38. The van der Waals surface area contributed by atoms with E-state index < -0.39 is 0 Å². The standard InChI is InChI=1S/C21H23N/c1-4-5-8-18-12-11-17-9-6-7-10-19(17)21(18)20-13-15(2)16(3)14-22-20/h4-7,9-11,13-14,18H,8,12H2,1-3H3. The molecule has 1 heteroatoms. The molecule has 1 aliphatic rings. The van der Waals surface area contributed by atoms with Gasteiger partial charge in [0.25, 0.3) is 0 Å². The number of nitrogens with zero attached hydrogens (tertiary/aromatic N) is 1. The van der Waals surface area contributed by atoms with Gasteiger partial charge in [-0.25, -0.2) is 0 Å². The van der Waals surface area contributed by atoms with Gasteiger partial charge in [-0.1, -0.05) is 42.5 Å². The molecule has 0 saturated heterocycles. The molecule has 0 aliphatic heterocycles. The van der Waals surface area contributed by atoms with Crippen LogP contribution in [0.1, 0.15) is 36.6 Å². The maximum Gasteiger partial charge on any atom is 0.0673 e. The van der Waals surface area contributed by atoms with Crippen LogP contribution in [0.3, 0.4) is 0 Å². The van der Waals surface area contributed by atoms with Crippen LogP contribution in [-0.2, 0) is 0 Å². The monoisotopic (exact) mass is 289 g/mol. The molecular formula is C21H23N. The van der Waals surface area contributed by atoms with Crippen molar-refractivity contribution in [3.63, 3.8) is 0 Å². The second kappa shape index (κ2) is 6.31. The molecule has 22 heavy (non-hydrogen) atoms. The molecule has 0 saturated carbocycles. The topological polar surface area (TPSA) is 12.9 Å². The number of benzene rings is 1. The Morgan fingerprint density at radius 3 is 2.77 bits per heavy atom. The van der Waals surface area contributed by atoms with Crippen LogP contribution in [0.25, 0.3) is 11.6 Å². The van der Waals surface area contributed by atoms with E-state index in [-0.39, 0.29) is 0 Å². The van der Waals surface area contributed by atoms with E-state index in [9.17, 15) is 0 Å². The summed E-state index contributed by atoms with van der Waals surface area (Å²) >= 11 is 0. The lowest BCUT2D eigenvalue weighted by atomic mass is 9.84. The molecule has 0 N–H and O–H groups in total. The van der Waals surface area contributed by atoms with Gasteiger partial charge in [0.15, 0.2) is 0 Å². The van der Waals surface area contributed by atoms with Crippen molar-refractivity contribution < 1.29 is 0 Å². The predicted octanol–water partition coefficient (Wildman–Crippen LogP) is 3.66. The normalized spacial score (nSPS) is 17.4. The van der Waals surface area contributed by atoms with Gasteiger partial charge in [0.05, 0.1) is 5.69 Å². The van der Waals surface area contributed by atoms with E-state index >= 15 is 0 Å². The average Bonchev–Trinajstić information content (AvgIpc) is 2.55. The summed E-state index contributed by atoms with van der Waals surface area (Å²) in [4.78, 5) is 4.74. The first-order chi connectivity index (χ1) is 10.7. The van der Waals surface area contributed by atoms with Crippen LogP contribution in [0.2, 0.25) is 0 Å². The van der Waals surface area contributed by atoms with Crippen molar-refractivity contribution in [1.82, 2.24) is 4.98 Å². The van der Waals surface area contributed by atoms with Crippen LogP contribution in [0, 0.1) is 19.8 Å². The van der Waals surface area contributed by atoms with Crippen LogP contribution < -0.4 is 10.4 Å².